The third kappa shape index (κ3) is 4.42. The number of aliphatic hydroxyl groups is 1. The zero-order valence-corrected chi connectivity index (χ0v) is 11.7. The van der Waals surface area contributed by atoms with E-state index < -0.39 is 0 Å². The van der Waals surface area contributed by atoms with Crippen LogP contribution in [0.25, 0.3) is 0 Å². The molecule has 3 atom stereocenters. The average molecular weight is 227 g/mol. The van der Waals surface area contributed by atoms with Gasteiger partial charge in [-0.3, -0.25) is 0 Å². The Morgan fingerprint density at radius 1 is 1.25 bits per heavy atom. The Bertz CT molecular complexity index is 209. The van der Waals surface area contributed by atoms with E-state index >= 15 is 0 Å². The summed E-state index contributed by atoms with van der Waals surface area (Å²) in [5.74, 6) is 0.730. The summed E-state index contributed by atoms with van der Waals surface area (Å²) in [4.78, 5) is 2.46. The third-order valence-electron chi connectivity index (χ3n) is 3.91. The van der Waals surface area contributed by atoms with E-state index in [1.165, 1.54) is 12.8 Å². The van der Waals surface area contributed by atoms with Gasteiger partial charge in [-0.05, 0) is 50.6 Å². The van der Waals surface area contributed by atoms with Gasteiger partial charge in [-0.1, -0.05) is 27.7 Å². The second-order valence-corrected chi connectivity index (χ2v) is 6.80. The van der Waals surface area contributed by atoms with Crippen LogP contribution in [-0.2, 0) is 0 Å². The zero-order valence-electron chi connectivity index (χ0n) is 11.7. The highest BCUT2D eigenvalue weighted by Crippen LogP contribution is 2.29. The molecule has 16 heavy (non-hydrogen) atoms. The molecule has 3 unspecified atom stereocenters. The molecule has 1 rings (SSSR count). The standard InChI is InChI=1S/C14H29NO/c1-11-6-7-12(16)10-13(11)15(5)9-8-14(2,3)4/h11-13,16H,6-10H2,1-5H3. The minimum absolute atomic E-state index is 0.0710. The molecule has 1 saturated carbocycles. The van der Waals surface area contributed by atoms with Crippen molar-refractivity contribution in [1.82, 2.24) is 4.90 Å². The molecule has 2 heteroatoms. The van der Waals surface area contributed by atoms with Crippen LogP contribution in [0.4, 0.5) is 0 Å². The minimum atomic E-state index is -0.0710. The molecule has 0 saturated heterocycles. The van der Waals surface area contributed by atoms with Crippen LogP contribution in [0, 0.1) is 11.3 Å². The van der Waals surface area contributed by atoms with E-state index in [0.717, 1.165) is 25.3 Å². The first-order valence-electron chi connectivity index (χ1n) is 6.68. The van der Waals surface area contributed by atoms with E-state index in [0.29, 0.717) is 11.5 Å². The van der Waals surface area contributed by atoms with Gasteiger partial charge in [-0.2, -0.15) is 0 Å². The van der Waals surface area contributed by atoms with Crippen LogP contribution in [0.1, 0.15) is 53.4 Å². The maximum Gasteiger partial charge on any atom is 0.0555 e. The van der Waals surface area contributed by atoms with Crippen molar-refractivity contribution in [2.45, 2.75) is 65.5 Å². The summed E-state index contributed by atoms with van der Waals surface area (Å²) in [5, 5.41) is 9.75. The second kappa shape index (κ2) is 5.50. The monoisotopic (exact) mass is 227 g/mol. The normalized spacial score (nSPS) is 32.1. The molecule has 96 valence electrons. The average Bonchev–Trinajstić information content (AvgIpc) is 2.17. The molecule has 1 aliphatic carbocycles. The SMILES string of the molecule is CC1CCC(O)CC1N(C)CCC(C)(C)C. The van der Waals surface area contributed by atoms with Gasteiger partial charge >= 0.3 is 0 Å². The van der Waals surface area contributed by atoms with Crippen molar-refractivity contribution in [3.63, 3.8) is 0 Å². The Morgan fingerprint density at radius 2 is 1.88 bits per heavy atom. The lowest BCUT2D eigenvalue weighted by molar-refractivity contribution is 0.0397. The highest BCUT2D eigenvalue weighted by Gasteiger charge is 2.29. The fourth-order valence-corrected chi connectivity index (χ4v) is 2.57. The number of nitrogens with zero attached hydrogens (tertiary/aromatic N) is 1. The first kappa shape index (κ1) is 14.0. The Kier molecular flexibility index (Phi) is 4.81. The summed E-state index contributed by atoms with van der Waals surface area (Å²) in [6.45, 7) is 10.3. The lowest BCUT2D eigenvalue weighted by atomic mass is 9.83. The van der Waals surface area contributed by atoms with Crippen molar-refractivity contribution in [3.8, 4) is 0 Å². The van der Waals surface area contributed by atoms with Crippen molar-refractivity contribution >= 4 is 0 Å². The molecule has 0 bridgehead atoms. The lowest BCUT2D eigenvalue weighted by Crippen LogP contribution is -2.43. The lowest BCUT2D eigenvalue weighted by Gasteiger charge is -2.39. The molecule has 0 aliphatic heterocycles. The molecule has 0 aromatic rings. The van der Waals surface area contributed by atoms with Crippen LogP contribution in [0.15, 0.2) is 0 Å². The molecule has 0 heterocycles. The van der Waals surface area contributed by atoms with Crippen LogP contribution in [-0.4, -0.2) is 35.7 Å². The molecule has 2 nitrogen and oxygen atoms in total. The molecule has 0 radical (unpaired) electrons. The van der Waals surface area contributed by atoms with Crippen LogP contribution in [0.3, 0.4) is 0 Å². The van der Waals surface area contributed by atoms with E-state index in [-0.39, 0.29) is 6.10 Å². The molecule has 0 amide bonds. The molecule has 0 spiro atoms. The molecule has 1 N–H and O–H groups in total. The first-order chi connectivity index (χ1) is 7.29. The number of rotatable bonds is 3. The highest BCUT2D eigenvalue weighted by atomic mass is 16.3. The molecule has 0 aromatic carbocycles. The first-order valence-corrected chi connectivity index (χ1v) is 6.68. The Balaban J connectivity index is 2.42. The predicted molar refractivity (Wildman–Crippen MR) is 69.5 cm³/mol. The second-order valence-electron chi connectivity index (χ2n) is 6.80. The fourth-order valence-electron chi connectivity index (χ4n) is 2.57. The van der Waals surface area contributed by atoms with Crippen molar-refractivity contribution in [2.24, 2.45) is 11.3 Å². The van der Waals surface area contributed by atoms with Crippen LogP contribution < -0.4 is 0 Å². The number of hydrogen-bond acceptors (Lipinski definition) is 2. The van der Waals surface area contributed by atoms with Gasteiger partial charge in [0.05, 0.1) is 6.10 Å². The highest BCUT2D eigenvalue weighted by molar-refractivity contribution is 4.84. The Hall–Kier alpha value is -0.0800. The van der Waals surface area contributed by atoms with Crippen LogP contribution >= 0.6 is 0 Å². The summed E-state index contributed by atoms with van der Waals surface area (Å²) in [6.07, 6.45) is 4.28. The number of aliphatic hydroxyl groups excluding tert-OH is 1. The van der Waals surface area contributed by atoms with Crippen LogP contribution in [0.5, 0.6) is 0 Å². The summed E-state index contributed by atoms with van der Waals surface area (Å²) < 4.78 is 0. The van der Waals surface area contributed by atoms with E-state index in [1.54, 1.807) is 0 Å². The Labute approximate surface area is 101 Å². The van der Waals surface area contributed by atoms with Gasteiger partial charge < -0.3 is 10.0 Å². The molecular formula is C14H29NO. The van der Waals surface area contributed by atoms with E-state index in [4.69, 9.17) is 0 Å². The smallest absolute Gasteiger partial charge is 0.0555 e. The van der Waals surface area contributed by atoms with E-state index in [2.05, 4.69) is 39.6 Å². The molecule has 1 aliphatic rings. The van der Waals surface area contributed by atoms with Crippen molar-refractivity contribution in [1.29, 1.82) is 0 Å². The maximum absolute atomic E-state index is 9.75. The summed E-state index contributed by atoms with van der Waals surface area (Å²) in [6, 6.07) is 0.575. The largest absolute Gasteiger partial charge is 0.393 e. The minimum Gasteiger partial charge on any atom is -0.393 e. The topological polar surface area (TPSA) is 23.5 Å². The number of hydrogen-bond donors (Lipinski definition) is 1. The quantitative estimate of drug-likeness (QED) is 0.801. The summed E-state index contributed by atoms with van der Waals surface area (Å²) in [7, 11) is 2.21. The van der Waals surface area contributed by atoms with Gasteiger partial charge in [0.25, 0.3) is 0 Å². The van der Waals surface area contributed by atoms with Crippen molar-refractivity contribution in [2.75, 3.05) is 13.6 Å². The van der Waals surface area contributed by atoms with Gasteiger partial charge in [0.1, 0.15) is 0 Å². The summed E-state index contributed by atoms with van der Waals surface area (Å²) >= 11 is 0. The van der Waals surface area contributed by atoms with E-state index in [9.17, 15) is 5.11 Å². The van der Waals surface area contributed by atoms with Gasteiger partial charge in [-0.15, -0.1) is 0 Å². The predicted octanol–water partition coefficient (Wildman–Crippen LogP) is 2.90. The molecule has 1 fully saturated rings. The zero-order chi connectivity index (χ0) is 12.3. The molecule has 0 aromatic heterocycles. The fraction of sp³-hybridized carbons (Fsp3) is 1.00. The van der Waals surface area contributed by atoms with Crippen LogP contribution in [0.2, 0.25) is 0 Å². The van der Waals surface area contributed by atoms with Gasteiger partial charge in [0.2, 0.25) is 0 Å². The van der Waals surface area contributed by atoms with Gasteiger partial charge in [-0.25, -0.2) is 0 Å². The summed E-state index contributed by atoms with van der Waals surface area (Å²) in [5.41, 5.74) is 0.408. The Morgan fingerprint density at radius 3 is 2.44 bits per heavy atom. The third-order valence-corrected chi connectivity index (χ3v) is 3.91. The molecular weight excluding hydrogens is 198 g/mol. The van der Waals surface area contributed by atoms with E-state index in [1.807, 2.05) is 0 Å². The van der Waals surface area contributed by atoms with Gasteiger partial charge in [0, 0.05) is 6.04 Å². The van der Waals surface area contributed by atoms with Gasteiger partial charge in [0.15, 0.2) is 0 Å². The van der Waals surface area contributed by atoms with Crippen molar-refractivity contribution < 1.29 is 5.11 Å². The van der Waals surface area contributed by atoms with Crippen molar-refractivity contribution in [3.05, 3.63) is 0 Å². The maximum atomic E-state index is 9.75.